The van der Waals surface area contributed by atoms with E-state index in [1.807, 2.05) is 13.1 Å². The smallest absolute Gasteiger partial charge is 0.119 e. The molecule has 1 heterocycles. The lowest BCUT2D eigenvalue weighted by molar-refractivity contribution is -0.0508. The van der Waals surface area contributed by atoms with E-state index in [4.69, 9.17) is 9.47 Å². The van der Waals surface area contributed by atoms with Crippen molar-refractivity contribution < 1.29 is 9.47 Å². The fourth-order valence-electron chi connectivity index (χ4n) is 3.56. The molecule has 0 amide bonds. The molecular formula is C17H24BrNO2. The first kappa shape index (κ1) is 15.3. The zero-order valence-corrected chi connectivity index (χ0v) is 14.2. The molecule has 0 bridgehead atoms. The van der Waals surface area contributed by atoms with Crippen LogP contribution in [0.2, 0.25) is 0 Å². The Morgan fingerprint density at radius 3 is 2.90 bits per heavy atom. The fraction of sp³-hybridized carbons (Fsp3) is 0.647. The Morgan fingerprint density at radius 1 is 1.33 bits per heavy atom. The number of benzene rings is 1. The van der Waals surface area contributed by atoms with E-state index in [9.17, 15) is 0 Å². The summed E-state index contributed by atoms with van der Waals surface area (Å²) in [5, 5.41) is 3.17. The highest BCUT2D eigenvalue weighted by atomic mass is 79.9. The van der Waals surface area contributed by atoms with Gasteiger partial charge in [-0.15, -0.1) is 0 Å². The van der Waals surface area contributed by atoms with E-state index in [1.54, 1.807) is 0 Å². The van der Waals surface area contributed by atoms with E-state index in [-0.39, 0.29) is 11.7 Å². The molecule has 116 valence electrons. The van der Waals surface area contributed by atoms with Crippen molar-refractivity contribution in [3.05, 3.63) is 28.2 Å². The molecule has 1 aromatic rings. The molecule has 1 saturated heterocycles. The monoisotopic (exact) mass is 353 g/mol. The van der Waals surface area contributed by atoms with Crippen LogP contribution < -0.4 is 10.1 Å². The van der Waals surface area contributed by atoms with Gasteiger partial charge in [-0.05, 0) is 56.5 Å². The molecule has 1 atom stereocenters. The van der Waals surface area contributed by atoms with Crippen molar-refractivity contribution in [3.63, 3.8) is 0 Å². The normalized spacial score (nSPS) is 23.8. The molecule has 1 saturated carbocycles. The Hall–Kier alpha value is -0.580. The van der Waals surface area contributed by atoms with Gasteiger partial charge in [-0.2, -0.15) is 0 Å². The molecule has 3 nitrogen and oxygen atoms in total. The molecule has 21 heavy (non-hydrogen) atoms. The highest BCUT2D eigenvalue weighted by Crippen LogP contribution is 2.43. The number of nitrogens with one attached hydrogen (secondary N) is 1. The number of ether oxygens (including phenoxy) is 2. The molecule has 1 aliphatic carbocycles. The quantitative estimate of drug-likeness (QED) is 0.866. The van der Waals surface area contributed by atoms with Gasteiger partial charge < -0.3 is 14.8 Å². The molecule has 3 rings (SSSR count). The number of rotatable bonds is 5. The minimum absolute atomic E-state index is 0.199. The third kappa shape index (κ3) is 3.61. The average molecular weight is 354 g/mol. The summed E-state index contributed by atoms with van der Waals surface area (Å²) >= 11 is 3.57. The maximum Gasteiger partial charge on any atom is 0.119 e. The highest BCUT2D eigenvalue weighted by Gasteiger charge is 2.42. The van der Waals surface area contributed by atoms with Crippen LogP contribution >= 0.6 is 15.9 Å². The molecule has 0 aromatic heterocycles. The first-order valence-electron chi connectivity index (χ1n) is 7.94. The van der Waals surface area contributed by atoms with Crippen LogP contribution in [0.1, 0.15) is 44.1 Å². The second-order valence-corrected chi connectivity index (χ2v) is 7.12. The summed E-state index contributed by atoms with van der Waals surface area (Å²) in [5.41, 5.74) is 1.42. The Kier molecular flexibility index (Phi) is 4.87. The van der Waals surface area contributed by atoms with Crippen LogP contribution in [0.4, 0.5) is 0 Å². The number of hydrogen-bond acceptors (Lipinski definition) is 3. The lowest BCUT2D eigenvalue weighted by Crippen LogP contribution is -2.27. The second-order valence-electron chi connectivity index (χ2n) is 6.26. The van der Waals surface area contributed by atoms with Crippen molar-refractivity contribution >= 4 is 15.9 Å². The number of halogens is 1. The van der Waals surface area contributed by atoms with Gasteiger partial charge in [0.25, 0.3) is 0 Å². The van der Waals surface area contributed by atoms with E-state index in [1.165, 1.54) is 37.7 Å². The summed E-state index contributed by atoms with van der Waals surface area (Å²) < 4.78 is 13.4. The summed E-state index contributed by atoms with van der Waals surface area (Å²) in [4.78, 5) is 0. The molecule has 2 aliphatic rings. The summed E-state index contributed by atoms with van der Waals surface area (Å²) in [6.07, 6.45) is 7.76. The van der Waals surface area contributed by atoms with Crippen LogP contribution in [-0.2, 0) is 11.3 Å². The van der Waals surface area contributed by atoms with Crippen molar-refractivity contribution in [2.24, 2.45) is 0 Å². The Bertz CT molecular complexity index is 486. The third-order valence-electron chi connectivity index (χ3n) is 4.67. The minimum atomic E-state index is 0.199. The van der Waals surface area contributed by atoms with Crippen molar-refractivity contribution in [1.82, 2.24) is 5.32 Å². The minimum Gasteiger partial charge on any atom is -0.491 e. The molecular weight excluding hydrogens is 330 g/mol. The lowest BCUT2D eigenvalue weighted by Gasteiger charge is -2.23. The van der Waals surface area contributed by atoms with Gasteiger partial charge in [0.15, 0.2) is 0 Å². The average Bonchev–Trinajstić information content (AvgIpc) is 3.11. The third-order valence-corrected chi connectivity index (χ3v) is 5.45. The zero-order chi connectivity index (χ0) is 14.7. The van der Waals surface area contributed by atoms with Gasteiger partial charge in [0, 0.05) is 11.0 Å². The molecule has 1 aliphatic heterocycles. The maximum absolute atomic E-state index is 6.29. The first-order valence-corrected chi connectivity index (χ1v) is 8.74. The van der Waals surface area contributed by atoms with Gasteiger partial charge >= 0.3 is 0 Å². The standard InChI is InChI=1S/C17H24BrNO2/c1-19-11-13-10-14(4-5-16(13)18)20-12-15-6-9-17(21-15)7-2-3-8-17/h4-5,10,15,19H,2-3,6-9,11-12H2,1H3. The second kappa shape index (κ2) is 6.67. The topological polar surface area (TPSA) is 30.5 Å². The first-order chi connectivity index (χ1) is 10.2. The predicted molar refractivity (Wildman–Crippen MR) is 87.7 cm³/mol. The fourth-order valence-corrected chi connectivity index (χ4v) is 3.94. The van der Waals surface area contributed by atoms with Gasteiger partial charge in [-0.1, -0.05) is 28.8 Å². The van der Waals surface area contributed by atoms with E-state index in [2.05, 4.69) is 33.4 Å². The van der Waals surface area contributed by atoms with Gasteiger partial charge in [0.1, 0.15) is 12.4 Å². The van der Waals surface area contributed by atoms with E-state index in [0.29, 0.717) is 6.61 Å². The van der Waals surface area contributed by atoms with Crippen LogP contribution in [0.25, 0.3) is 0 Å². The van der Waals surface area contributed by atoms with Gasteiger partial charge in [-0.25, -0.2) is 0 Å². The Morgan fingerprint density at radius 2 is 2.14 bits per heavy atom. The van der Waals surface area contributed by atoms with Crippen molar-refractivity contribution in [2.45, 2.75) is 56.8 Å². The van der Waals surface area contributed by atoms with Crippen LogP contribution in [0.3, 0.4) is 0 Å². The molecule has 1 unspecified atom stereocenters. The van der Waals surface area contributed by atoms with Crippen LogP contribution in [0, 0.1) is 0 Å². The molecule has 4 heteroatoms. The van der Waals surface area contributed by atoms with Gasteiger partial charge in [0.05, 0.1) is 11.7 Å². The highest BCUT2D eigenvalue weighted by molar-refractivity contribution is 9.10. The molecule has 0 radical (unpaired) electrons. The van der Waals surface area contributed by atoms with Crippen LogP contribution in [-0.4, -0.2) is 25.4 Å². The zero-order valence-electron chi connectivity index (χ0n) is 12.7. The molecule has 1 spiro atoms. The van der Waals surface area contributed by atoms with Gasteiger partial charge in [-0.3, -0.25) is 0 Å². The largest absolute Gasteiger partial charge is 0.491 e. The van der Waals surface area contributed by atoms with Crippen LogP contribution in [0.15, 0.2) is 22.7 Å². The summed E-state index contributed by atoms with van der Waals surface area (Å²) in [6, 6.07) is 6.17. The Balaban J connectivity index is 1.54. The summed E-state index contributed by atoms with van der Waals surface area (Å²) in [6.45, 7) is 1.50. The van der Waals surface area contributed by atoms with Gasteiger partial charge in [0.2, 0.25) is 0 Å². The predicted octanol–water partition coefficient (Wildman–Crippen LogP) is 4.04. The van der Waals surface area contributed by atoms with Crippen molar-refractivity contribution in [2.75, 3.05) is 13.7 Å². The summed E-state index contributed by atoms with van der Waals surface area (Å²) in [5.74, 6) is 0.930. The van der Waals surface area contributed by atoms with E-state index < -0.39 is 0 Å². The summed E-state index contributed by atoms with van der Waals surface area (Å²) in [7, 11) is 1.95. The Labute approximate surface area is 135 Å². The van der Waals surface area contributed by atoms with Crippen molar-refractivity contribution in [1.29, 1.82) is 0 Å². The van der Waals surface area contributed by atoms with Crippen molar-refractivity contribution in [3.8, 4) is 5.75 Å². The van der Waals surface area contributed by atoms with E-state index in [0.717, 1.165) is 23.2 Å². The molecule has 2 fully saturated rings. The molecule has 1 N–H and O–H groups in total. The lowest BCUT2D eigenvalue weighted by atomic mass is 9.98. The van der Waals surface area contributed by atoms with Crippen LogP contribution in [0.5, 0.6) is 5.75 Å². The SMILES string of the molecule is CNCc1cc(OCC2CCC3(CCCC3)O2)ccc1Br. The van der Waals surface area contributed by atoms with E-state index >= 15 is 0 Å². The maximum atomic E-state index is 6.29. The molecule has 1 aromatic carbocycles. The number of hydrogen-bond donors (Lipinski definition) is 1.